The van der Waals surface area contributed by atoms with Gasteiger partial charge in [0.25, 0.3) is 0 Å². The van der Waals surface area contributed by atoms with E-state index < -0.39 is 5.97 Å². The van der Waals surface area contributed by atoms with Crippen LogP contribution in [0.15, 0.2) is 35.2 Å². The van der Waals surface area contributed by atoms with Crippen molar-refractivity contribution >= 4 is 35.1 Å². The van der Waals surface area contributed by atoms with E-state index in [9.17, 15) is 14.7 Å². The molecule has 0 spiro atoms. The maximum atomic E-state index is 12.0. The number of carbonyl (C=O) groups excluding carboxylic acids is 1. The van der Waals surface area contributed by atoms with Gasteiger partial charge < -0.3 is 10.2 Å². The summed E-state index contributed by atoms with van der Waals surface area (Å²) in [6.45, 7) is 3.87. The van der Waals surface area contributed by atoms with Crippen molar-refractivity contribution < 1.29 is 19.8 Å². The lowest BCUT2D eigenvalue weighted by molar-refractivity contribution is -0.136. The number of benzene rings is 2. The molecule has 0 heterocycles. The first-order valence-electron chi connectivity index (χ1n) is 10.4. The van der Waals surface area contributed by atoms with Gasteiger partial charge in [-0.1, -0.05) is 44.0 Å². The van der Waals surface area contributed by atoms with Crippen molar-refractivity contribution in [3.05, 3.63) is 57.6 Å². The van der Waals surface area contributed by atoms with Crippen LogP contribution in [-0.2, 0) is 24.1 Å². The number of aromatic hydroxyl groups is 1. The van der Waals surface area contributed by atoms with Crippen LogP contribution in [0.3, 0.4) is 0 Å². The highest BCUT2D eigenvalue weighted by molar-refractivity contribution is 7.99. The number of hydrogen-bond acceptors (Lipinski definition) is 4. The van der Waals surface area contributed by atoms with Gasteiger partial charge in [0.1, 0.15) is 5.75 Å². The van der Waals surface area contributed by atoms with Crippen LogP contribution in [-0.4, -0.2) is 27.7 Å². The second-order valence-corrected chi connectivity index (χ2v) is 8.81. The van der Waals surface area contributed by atoms with E-state index in [0.29, 0.717) is 22.6 Å². The Labute approximate surface area is 187 Å². The third kappa shape index (κ3) is 6.78. The first kappa shape index (κ1) is 24.3. The quantitative estimate of drug-likeness (QED) is 0.225. The highest BCUT2D eigenvalue weighted by Crippen LogP contribution is 2.31. The number of carbonyl (C=O) groups is 2. The Morgan fingerprint density at radius 3 is 2.47 bits per heavy atom. The zero-order chi connectivity index (χ0) is 22.1. The van der Waals surface area contributed by atoms with Crippen LogP contribution in [0.2, 0.25) is 5.02 Å². The van der Waals surface area contributed by atoms with Crippen molar-refractivity contribution in [2.75, 3.05) is 5.75 Å². The molecule has 0 amide bonds. The number of aryl methyl sites for hydroxylation is 1. The van der Waals surface area contributed by atoms with Gasteiger partial charge >= 0.3 is 5.97 Å². The first-order chi connectivity index (χ1) is 14.4. The molecule has 4 nitrogen and oxygen atoms in total. The number of halogens is 1. The Bertz CT molecular complexity index is 895. The van der Waals surface area contributed by atoms with E-state index in [1.807, 2.05) is 12.1 Å². The van der Waals surface area contributed by atoms with Crippen LogP contribution < -0.4 is 0 Å². The highest BCUT2D eigenvalue weighted by atomic mass is 35.5. The Kier molecular flexibility index (Phi) is 9.73. The molecule has 2 aromatic rings. The van der Waals surface area contributed by atoms with Gasteiger partial charge in [0, 0.05) is 11.3 Å². The van der Waals surface area contributed by atoms with Crippen LogP contribution >= 0.6 is 23.4 Å². The number of carboxylic acid groups (broad SMARTS) is 1. The predicted molar refractivity (Wildman–Crippen MR) is 123 cm³/mol. The van der Waals surface area contributed by atoms with Crippen molar-refractivity contribution in [1.29, 1.82) is 0 Å². The average molecular weight is 449 g/mol. The largest absolute Gasteiger partial charge is 0.507 e. The number of phenolic OH excluding ortho intramolecular Hbond substituents is 1. The van der Waals surface area contributed by atoms with E-state index in [2.05, 4.69) is 6.92 Å². The molecular formula is C24H29ClO4S. The summed E-state index contributed by atoms with van der Waals surface area (Å²) in [5.41, 5.74) is 3.15. The molecule has 0 radical (unpaired) electrons. The standard InChI is InChI=1S/C24H29ClO4S/c1-3-7-18-17(10-11-19(24(18)29)21(26)4-2)8-5-6-13-30-22-12-9-16(14-20(22)25)15-23(27)28/h9-12,14,29H,3-8,13,15H2,1-2H3,(H,27,28). The van der Waals surface area contributed by atoms with Crippen molar-refractivity contribution in [2.24, 2.45) is 0 Å². The minimum atomic E-state index is -0.868. The molecule has 0 saturated heterocycles. The summed E-state index contributed by atoms with van der Waals surface area (Å²) in [5, 5.41) is 20.0. The second-order valence-electron chi connectivity index (χ2n) is 7.27. The molecule has 0 unspecified atom stereocenters. The van der Waals surface area contributed by atoms with Gasteiger partial charge in [-0.05, 0) is 66.3 Å². The maximum absolute atomic E-state index is 12.0. The lowest BCUT2D eigenvalue weighted by atomic mass is 9.93. The zero-order valence-corrected chi connectivity index (χ0v) is 19.1. The molecule has 30 heavy (non-hydrogen) atoms. The van der Waals surface area contributed by atoms with Crippen LogP contribution in [0.4, 0.5) is 0 Å². The van der Waals surface area contributed by atoms with Gasteiger partial charge in [-0.3, -0.25) is 9.59 Å². The summed E-state index contributed by atoms with van der Waals surface area (Å²) in [4.78, 5) is 23.8. The summed E-state index contributed by atoms with van der Waals surface area (Å²) in [7, 11) is 0. The molecule has 162 valence electrons. The molecule has 0 aliphatic carbocycles. The lowest BCUT2D eigenvalue weighted by Crippen LogP contribution is -2.03. The fourth-order valence-electron chi connectivity index (χ4n) is 3.40. The molecule has 0 fully saturated rings. The van der Waals surface area contributed by atoms with E-state index in [0.717, 1.165) is 53.9 Å². The molecule has 0 aliphatic heterocycles. The molecule has 0 aliphatic rings. The molecule has 2 rings (SSSR count). The van der Waals surface area contributed by atoms with Crippen LogP contribution in [0.1, 0.15) is 66.6 Å². The van der Waals surface area contributed by atoms with Crippen molar-refractivity contribution in [3.8, 4) is 5.75 Å². The molecule has 2 aromatic carbocycles. The SMILES string of the molecule is CCCc1c(CCCCSc2ccc(CC(=O)O)cc2Cl)ccc(C(=O)CC)c1O. The van der Waals surface area contributed by atoms with E-state index in [1.54, 1.807) is 36.9 Å². The van der Waals surface area contributed by atoms with Crippen LogP contribution in [0.5, 0.6) is 5.75 Å². The Morgan fingerprint density at radius 1 is 1.07 bits per heavy atom. The first-order valence-corrected chi connectivity index (χ1v) is 11.7. The maximum Gasteiger partial charge on any atom is 0.307 e. The van der Waals surface area contributed by atoms with Crippen molar-refractivity contribution in [1.82, 2.24) is 0 Å². The molecular weight excluding hydrogens is 420 g/mol. The fraction of sp³-hybridized carbons (Fsp3) is 0.417. The number of aliphatic carboxylic acids is 1. The Morgan fingerprint density at radius 2 is 1.83 bits per heavy atom. The van der Waals surface area contributed by atoms with Crippen LogP contribution in [0.25, 0.3) is 0 Å². The van der Waals surface area contributed by atoms with Gasteiger partial charge in [0.2, 0.25) is 0 Å². The van der Waals surface area contributed by atoms with Gasteiger partial charge in [-0.25, -0.2) is 0 Å². The molecule has 0 atom stereocenters. The number of thioether (sulfide) groups is 1. The number of unbranched alkanes of at least 4 members (excludes halogenated alkanes) is 1. The summed E-state index contributed by atoms with van der Waals surface area (Å²) < 4.78 is 0. The van der Waals surface area contributed by atoms with Crippen LogP contribution in [0, 0.1) is 0 Å². The van der Waals surface area contributed by atoms with E-state index in [-0.39, 0.29) is 18.0 Å². The third-order valence-electron chi connectivity index (χ3n) is 4.95. The average Bonchev–Trinajstić information content (AvgIpc) is 2.70. The minimum absolute atomic E-state index is 0.0275. The van der Waals surface area contributed by atoms with Crippen molar-refractivity contribution in [3.63, 3.8) is 0 Å². The number of Topliss-reactive ketones (excluding diaryl/α,β-unsaturated/α-hetero) is 1. The summed E-state index contributed by atoms with van der Waals surface area (Å²) in [6, 6.07) is 9.14. The normalized spacial score (nSPS) is 10.9. The van der Waals surface area contributed by atoms with E-state index in [1.165, 1.54) is 0 Å². The van der Waals surface area contributed by atoms with Crippen molar-refractivity contribution in [2.45, 2.75) is 63.7 Å². The van der Waals surface area contributed by atoms with Gasteiger partial charge in [0.15, 0.2) is 5.78 Å². The Balaban J connectivity index is 1.92. The summed E-state index contributed by atoms with van der Waals surface area (Å²) in [5.74, 6) is 0.161. The summed E-state index contributed by atoms with van der Waals surface area (Å²) >= 11 is 7.94. The zero-order valence-electron chi connectivity index (χ0n) is 17.5. The Hall–Kier alpha value is -1.98. The monoisotopic (exact) mass is 448 g/mol. The molecule has 0 bridgehead atoms. The number of hydrogen-bond donors (Lipinski definition) is 2. The van der Waals surface area contributed by atoms with E-state index in [4.69, 9.17) is 16.7 Å². The smallest absolute Gasteiger partial charge is 0.307 e. The number of ketones is 1. The molecule has 6 heteroatoms. The topological polar surface area (TPSA) is 74.6 Å². The number of phenols is 1. The molecule has 0 saturated carbocycles. The summed E-state index contributed by atoms with van der Waals surface area (Å²) in [6.07, 6.45) is 4.85. The van der Waals surface area contributed by atoms with Gasteiger partial charge in [-0.2, -0.15) is 0 Å². The second kappa shape index (κ2) is 12.0. The number of carboxylic acids is 1. The third-order valence-corrected chi connectivity index (χ3v) is 6.54. The van der Waals surface area contributed by atoms with E-state index >= 15 is 0 Å². The van der Waals surface area contributed by atoms with Gasteiger partial charge in [0.05, 0.1) is 17.0 Å². The molecule has 2 N–H and O–H groups in total. The fourth-order valence-corrected chi connectivity index (χ4v) is 4.70. The van der Waals surface area contributed by atoms with Gasteiger partial charge in [-0.15, -0.1) is 11.8 Å². The lowest BCUT2D eigenvalue weighted by Gasteiger charge is -2.14. The molecule has 0 aromatic heterocycles. The minimum Gasteiger partial charge on any atom is -0.507 e. The highest BCUT2D eigenvalue weighted by Gasteiger charge is 2.16. The predicted octanol–water partition coefficient (Wildman–Crippen LogP) is 6.33. The number of rotatable bonds is 12.